The average Bonchev–Trinajstić information content (AvgIpc) is 3.21. The molecule has 2 aromatic carbocycles. The lowest BCUT2D eigenvalue weighted by Crippen LogP contribution is -2.47. The summed E-state index contributed by atoms with van der Waals surface area (Å²) in [5.41, 5.74) is 2.66. The van der Waals surface area contributed by atoms with E-state index in [1.165, 1.54) is 18.5 Å². The Morgan fingerprint density at radius 2 is 1.68 bits per heavy atom. The molecule has 0 spiro atoms. The molecule has 150 valence electrons. The van der Waals surface area contributed by atoms with Gasteiger partial charge in [0.1, 0.15) is 6.04 Å². The minimum Gasteiger partial charge on any atom is -0.372 e. The number of rotatable bonds is 7. The number of nitrogens with zero attached hydrogens (tertiary/aromatic N) is 2. The highest BCUT2D eigenvalue weighted by atomic mass is 32.2. The van der Waals surface area contributed by atoms with Gasteiger partial charge in [-0.2, -0.15) is 0 Å². The van der Waals surface area contributed by atoms with E-state index in [2.05, 4.69) is 22.3 Å². The second kappa shape index (κ2) is 8.65. The summed E-state index contributed by atoms with van der Waals surface area (Å²) in [4.78, 5) is 15.0. The Labute approximate surface area is 167 Å². The van der Waals surface area contributed by atoms with Gasteiger partial charge in [0.05, 0.1) is 11.9 Å². The standard InChI is InChI=1S/C21H27N3O3S/c1-17(24(28(2,26)27)20-8-4-3-5-9-20)21(25)22-16-18-10-12-19(13-11-18)23-14-6-7-15-23/h3-5,8-13,17H,6-7,14-16H2,1-2H3,(H,22,25)/t17-/m1/s1. The van der Waals surface area contributed by atoms with Crippen molar-refractivity contribution in [2.24, 2.45) is 0 Å². The van der Waals surface area contributed by atoms with E-state index in [1.807, 2.05) is 12.1 Å². The molecule has 6 nitrogen and oxygen atoms in total. The van der Waals surface area contributed by atoms with E-state index in [0.29, 0.717) is 12.2 Å². The molecule has 2 aromatic rings. The molecular formula is C21H27N3O3S. The summed E-state index contributed by atoms with van der Waals surface area (Å²) in [6.07, 6.45) is 3.57. The summed E-state index contributed by atoms with van der Waals surface area (Å²) in [5.74, 6) is -0.335. The first-order chi connectivity index (χ1) is 13.4. The van der Waals surface area contributed by atoms with Gasteiger partial charge in [0.15, 0.2) is 0 Å². The molecule has 1 atom stereocenters. The van der Waals surface area contributed by atoms with Crippen LogP contribution in [0, 0.1) is 0 Å². The van der Waals surface area contributed by atoms with Crippen molar-refractivity contribution < 1.29 is 13.2 Å². The van der Waals surface area contributed by atoms with Crippen molar-refractivity contribution >= 4 is 27.3 Å². The van der Waals surface area contributed by atoms with Crippen molar-refractivity contribution in [3.8, 4) is 0 Å². The first-order valence-corrected chi connectivity index (χ1v) is 11.4. The Morgan fingerprint density at radius 3 is 2.25 bits per heavy atom. The Balaban J connectivity index is 1.64. The molecule has 7 heteroatoms. The number of amides is 1. The molecule has 0 saturated carbocycles. The molecule has 0 aromatic heterocycles. The third-order valence-corrected chi connectivity index (χ3v) is 6.22. The molecule has 0 radical (unpaired) electrons. The number of benzene rings is 2. The minimum absolute atomic E-state index is 0.335. The number of carbonyl (C=O) groups excluding carboxylic acids is 1. The molecule has 1 aliphatic heterocycles. The molecule has 1 amide bonds. The van der Waals surface area contributed by atoms with Crippen LogP contribution in [0.3, 0.4) is 0 Å². The molecule has 1 saturated heterocycles. The molecule has 1 heterocycles. The van der Waals surface area contributed by atoms with E-state index in [9.17, 15) is 13.2 Å². The van der Waals surface area contributed by atoms with Gasteiger partial charge in [0.2, 0.25) is 15.9 Å². The molecule has 1 fully saturated rings. The number of carbonyl (C=O) groups is 1. The largest absolute Gasteiger partial charge is 0.372 e. The second-order valence-corrected chi connectivity index (χ2v) is 9.01. The first-order valence-electron chi connectivity index (χ1n) is 9.52. The normalized spacial score (nSPS) is 15.3. The number of sulfonamides is 1. The van der Waals surface area contributed by atoms with Gasteiger partial charge >= 0.3 is 0 Å². The van der Waals surface area contributed by atoms with Gasteiger partial charge in [-0.15, -0.1) is 0 Å². The fourth-order valence-electron chi connectivity index (χ4n) is 3.52. The molecule has 1 aliphatic rings. The van der Waals surface area contributed by atoms with Crippen LogP contribution in [0.4, 0.5) is 11.4 Å². The fourth-order valence-corrected chi connectivity index (χ4v) is 4.70. The van der Waals surface area contributed by atoms with E-state index in [-0.39, 0.29) is 5.91 Å². The van der Waals surface area contributed by atoms with E-state index in [4.69, 9.17) is 0 Å². The number of anilines is 2. The van der Waals surface area contributed by atoms with Crippen LogP contribution in [0.1, 0.15) is 25.3 Å². The number of hydrogen-bond donors (Lipinski definition) is 1. The zero-order chi connectivity index (χ0) is 20.1. The smallest absolute Gasteiger partial charge is 0.243 e. The fraction of sp³-hybridized carbons (Fsp3) is 0.381. The topological polar surface area (TPSA) is 69.7 Å². The van der Waals surface area contributed by atoms with Crippen molar-refractivity contribution in [1.82, 2.24) is 5.32 Å². The highest BCUT2D eigenvalue weighted by Crippen LogP contribution is 2.21. The summed E-state index contributed by atoms with van der Waals surface area (Å²) in [6.45, 7) is 4.14. The minimum atomic E-state index is -3.59. The predicted octanol–water partition coefficient (Wildman–Crippen LogP) is 2.76. The molecule has 28 heavy (non-hydrogen) atoms. The number of hydrogen-bond acceptors (Lipinski definition) is 4. The van der Waals surface area contributed by atoms with Crippen LogP contribution >= 0.6 is 0 Å². The molecule has 3 rings (SSSR count). The molecule has 0 bridgehead atoms. The molecule has 1 N–H and O–H groups in total. The van der Waals surface area contributed by atoms with E-state index in [1.54, 1.807) is 37.3 Å². The lowest BCUT2D eigenvalue weighted by molar-refractivity contribution is -0.122. The average molecular weight is 402 g/mol. The lowest BCUT2D eigenvalue weighted by atomic mass is 10.2. The van der Waals surface area contributed by atoms with Crippen molar-refractivity contribution in [2.45, 2.75) is 32.4 Å². The maximum Gasteiger partial charge on any atom is 0.243 e. The Morgan fingerprint density at radius 1 is 1.07 bits per heavy atom. The van der Waals surface area contributed by atoms with Gasteiger partial charge in [0, 0.05) is 25.3 Å². The van der Waals surface area contributed by atoms with Gasteiger partial charge in [0.25, 0.3) is 0 Å². The molecule has 0 aliphatic carbocycles. The highest BCUT2D eigenvalue weighted by molar-refractivity contribution is 7.92. The number of para-hydroxylation sites is 1. The summed E-state index contributed by atoms with van der Waals surface area (Å²) in [6, 6.07) is 16.0. The lowest BCUT2D eigenvalue weighted by Gasteiger charge is -2.28. The van der Waals surface area contributed by atoms with Crippen LogP contribution in [0.15, 0.2) is 54.6 Å². The summed E-state index contributed by atoms with van der Waals surface area (Å²) in [5, 5.41) is 2.85. The zero-order valence-corrected chi connectivity index (χ0v) is 17.2. The van der Waals surface area contributed by atoms with Gasteiger partial charge in [-0.3, -0.25) is 9.10 Å². The third kappa shape index (κ3) is 4.84. The Hall–Kier alpha value is -2.54. The second-order valence-electron chi connectivity index (χ2n) is 7.15. The maximum atomic E-state index is 12.6. The summed E-state index contributed by atoms with van der Waals surface area (Å²) >= 11 is 0. The summed E-state index contributed by atoms with van der Waals surface area (Å²) < 4.78 is 25.7. The van der Waals surface area contributed by atoms with Gasteiger partial charge in [-0.05, 0) is 49.6 Å². The van der Waals surface area contributed by atoms with E-state index in [0.717, 1.165) is 29.2 Å². The molecule has 0 unspecified atom stereocenters. The Bertz CT molecular complexity index is 892. The van der Waals surface area contributed by atoms with Crippen LogP contribution in [0.5, 0.6) is 0 Å². The SMILES string of the molecule is C[C@H](C(=O)NCc1ccc(N2CCCC2)cc1)N(c1ccccc1)S(C)(=O)=O. The monoisotopic (exact) mass is 401 g/mol. The predicted molar refractivity (Wildman–Crippen MR) is 113 cm³/mol. The maximum absolute atomic E-state index is 12.6. The van der Waals surface area contributed by atoms with E-state index < -0.39 is 16.1 Å². The van der Waals surface area contributed by atoms with Crippen LogP contribution in [0.25, 0.3) is 0 Å². The number of nitrogens with one attached hydrogen (secondary N) is 1. The third-order valence-electron chi connectivity index (χ3n) is 4.97. The molecular weight excluding hydrogens is 374 g/mol. The van der Waals surface area contributed by atoms with Gasteiger partial charge < -0.3 is 10.2 Å². The first kappa shape index (κ1) is 20.2. The van der Waals surface area contributed by atoms with Crippen LogP contribution in [-0.2, 0) is 21.4 Å². The van der Waals surface area contributed by atoms with Crippen LogP contribution < -0.4 is 14.5 Å². The highest BCUT2D eigenvalue weighted by Gasteiger charge is 2.28. The van der Waals surface area contributed by atoms with Crippen molar-refractivity contribution in [3.05, 3.63) is 60.2 Å². The van der Waals surface area contributed by atoms with Crippen molar-refractivity contribution in [1.29, 1.82) is 0 Å². The zero-order valence-electron chi connectivity index (χ0n) is 16.3. The van der Waals surface area contributed by atoms with Crippen LogP contribution in [0.2, 0.25) is 0 Å². The van der Waals surface area contributed by atoms with E-state index >= 15 is 0 Å². The Kier molecular flexibility index (Phi) is 6.24. The van der Waals surface area contributed by atoms with Gasteiger partial charge in [-0.1, -0.05) is 30.3 Å². The summed E-state index contributed by atoms with van der Waals surface area (Å²) in [7, 11) is -3.59. The quantitative estimate of drug-likeness (QED) is 0.775. The van der Waals surface area contributed by atoms with Crippen LogP contribution in [-0.4, -0.2) is 39.7 Å². The van der Waals surface area contributed by atoms with Crippen molar-refractivity contribution in [2.75, 3.05) is 28.6 Å². The van der Waals surface area contributed by atoms with Crippen molar-refractivity contribution in [3.63, 3.8) is 0 Å². The van der Waals surface area contributed by atoms with Gasteiger partial charge in [-0.25, -0.2) is 8.42 Å².